The Kier molecular flexibility index (Phi) is 7.72. The normalized spacial score (nSPS) is 17.4. The summed E-state index contributed by atoms with van der Waals surface area (Å²) in [5, 5.41) is 13.5. The minimum atomic E-state index is -5.18. The van der Waals surface area contributed by atoms with E-state index in [0.29, 0.717) is 42.5 Å². The number of halogens is 4. The number of nitrogens with one attached hydrogen (secondary N) is 1. The van der Waals surface area contributed by atoms with Crippen LogP contribution in [0.15, 0.2) is 36.4 Å². The Labute approximate surface area is 215 Å². The summed E-state index contributed by atoms with van der Waals surface area (Å²) in [6.45, 7) is 2.39. The molecule has 2 aromatic carbocycles. The summed E-state index contributed by atoms with van der Waals surface area (Å²) in [6.07, 6.45) is -5.05. The predicted molar refractivity (Wildman–Crippen MR) is 125 cm³/mol. The zero-order valence-electron chi connectivity index (χ0n) is 19.6. The van der Waals surface area contributed by atoms with E-state index in [9.17, 15) is 27.9 Å². The second kappa shape index (κ2) is 10.6. The van der Waals surface area contributed by atoms with Gasteiger partial charge in [0.2, 0.25) is 5.91 Å². The van der Waals surface area contributed by atoms with E-state index in [1.807, 2.05) is 4.90 Å². The van der Waals surface area contributed by atoms with Crippen molar-refractivity contribution in [2.24, 2.45) is 0 Å². The molecule has 0 unspecified atom stereocenters. The molecule has 2 aliphatic heterocycles. The average molecular weight is 545 g/mol. The number of carbonyl (C=O) groups is 2. The van der Waals surface area contributed by atoms with Crippen molar-refractivity contribution < 1.29 is 46.8 Å². The van der Waals surface area contributed by atoms with E-state index >= 15 is 0 Å². The van der Waals surface area contributed by atoms with Crippen LogP contribution >= 0.6 is 11.6 Å². The van der Waals surface area contributed by atoms with Gasteiger partial charge in [0.25, 0.3) is 5.79 Å². The summed E-state index contributed by atoms with van der Waals surface area (Å²) in [5.41, 5.74) is 0.140. The number of alkyl halides is 3. The van der Waals surface area contributed by atoms with Gasteiger partial charge in [-0.2, -0.15) is 13.2 Å². The molecule has 0 aliphatic carbocycles. The number of piperidine rings is 1. The lowest BCUT2D eigenvalue weighted by Crippen LogP contribution is -2.51. The standard InChI is InChI=1S/C24H24ClF3N2O7/c1-14(31)29-18-4-3-17(35-22(33)24(26,27)28)11-20(18)34-13-16(32)12-30-8-6-23(7-9-30)36-19-5-2-15(25)10-21(19)37-23/h2-5,10-11,16,32H,6-9,12-13H2,1H3,(H,29,31)/t16-/m0/s1. The Morgan fingerprint density at radius 2 is 1.86 bits per heavy atom. The molecule has 0 aromatic heterocycles. The molecule has 0 bridgehead atoms. The molecule has 1 atom stereocenters. The number of hydrogen-bond acceptors (Lipinski definition) is 8. The Hall–Kier alpha value is -3.22. The molecule has 0 radical (unpaired) electrons. The molecule has 2 heterocycles. The number of β-amino-alcohol motifs (C(OH)–C–C–N with tert-alkyl or cyclic N) is 1. The number of aliphatic hydroxyl groups is 1. The minimum absolute atomic E-state index is 0.0662. The first kappa shape index (κ1) is 26.8. The second-order valence-electron chi connectivity index (χ2n) is 8.70. The molecule has 13 heteroatoms. The van der Waals surface area contributed by atoms with E-state index in [2.05, 4.69) is 10.1 Å². The Morgan fingerprint density at radius 1 is 1.16 bits per heavy atom. The average Bonchev–Trinajstić information content (AvgIpc) is 3.16. The molecule has 2 N–H and O–H groups in total. The molecule has 200 valence electrons. The fourth-order valence-electron chi connectivity index (χ4n) is 4.03. The maximum absolute atomic E-state index is 12.5. The van der Waals surface area contributed by atoms with Crippen molar-refractivity contribution >= 4 is 29.2 Å². The van der Waals surface area contributed by atoms with E-state index in [-0.39, 0.29) is 24.6 Å². The van der Waals surface area contributed by atoms with Gasteiger partial charge in [-0.25, -0.2) is 4.79 Å². The van der Waals surface area contributed by atoms with Gasteiger partial charge in [-0.15, -0.1) is 0 Å². The van der Waals surface area contributed by atoms with Crippen molar-refractivity contribution in [3.8, 4) is 23.0 Å². The summed E-state index contributed by atoms with van der Waals surface area (Å²) in [4.78, 5) is 24.6. The third-order valence-corrected chi connectivity index (χ3v) is 5.96. The first-order valence-electron chi connectivity index (χ1n) is 11.3. The third kappa shape index (κ3) is 6.76. The fourth-order valence-corrected chi connectivity index (χ4v) is 4.19. The minimum Gasteiger partial charge on any atom is -0.489 e. The van der Waals surface area contributed by atoms with Crippen molar-refractivity contribution in [2.75, 3.05) is 31.6 Å². The number of rotatable bonds is 7. The Balaban J connectivity index is 1.31. The van der Waals surface area contributed by atoms with Gasteiger partial charge in [0.1, 0.15) is 24.2 Å². The molecule has 1 fully saturated rings. The van der Waals surface area contributed by atoms with Crippen molar-refractivity contribution in [1.29, 1.82) is 0 Å². The zero-order valence-corrected chi connectivity index (χ0v) is 20.4. The van der Waals surface area contributed by atoms with Gasteiger partial charge >= 0.3 is 12.1 Å². The molecule has 37 heavy (non-hydrogen) atoms. The zero-order chi connectivity index (χ0) is 26.8. The highest BCUT2D eigenvalue weighted by Gasteiger charge is 2.44. The van der Waals surface area contributed by atoms with Crippen LogP contribution in [0.1, 0.15) is 19.8 Å². The van der Waals surface area contributed by atoms with Crippen molar-refractivity contribution in [3.63, 3.8) is 0 Å². The molecule has 0 saturated carbocycles. The van der Waals surface area contributed by atoms with Gasteiger partial charge in [-0.1, -0.05) is 11.6 Å². The number of esters is 1. The molecular formula is C24H24ClF3N2O7. The highest BCUT2D eigenvalue weighted by atomic mass is 35.5. The van der Waals surface area contributed by atoms with E-state index in [4.69, 9.17) is 25.8 Å². The predicted octanol–water partition coefficient (Wildman–Crippen LogP) is 3.77. The van der Waals surface area contributed by atoms with Crippen molar-refractivity contribution in [2.45, 2.75) is 37.8 Å². The molecular weight excluding hydrogens is 521 g/mol. The molecule has 2 aromatic rings. The number of hydrogen-bond donors (Lipinski definition) is 2. The van der Waals surface area contributed by atoms with Crippen LogP contribution in [0.2, 0.25) is 5.02 Å². The maximum atomic E-state index is 12.5. The number of anilines is 1. The van der Waals surface area contributed by atoms with Crippen molar-refractivity contribution in [1.82, 2.24) is 4.90 Å². The van der Waals surface area contributed by atoms with Crippen LogP contribution in [-0.2, 0) is 9.59 Å². The largest absolute Gasteiger partial charge is 0.491 e. The van der Waals surface area contributed by atoms with Crippen LogP contribution in [-0.4, -0.2) is 66.2 Å². The third-order valence-electron chi connectivity index (χ3n) is 5.72. The summed E-state index contributed by atoms with van der Waals surface area (Å²) < 4.78 is 59.5. The van der Waals surface area contributed by atoms with E-state index in [0.717, 1.165) is 12.1 Å². The van der Waals surface area contributed by atoms with Crippen molar-refractivity contribution in [3.05, 3.63) is 41.4 Å². The molecule has 1 spiro atoms. The summed E-state index contributed by atoms with van der Waals surface area (Å²) in [7, 11) is 0. The lowest BCUT2D eigenvalue weighted by molar-refractivity contribution is -0.189. The highest BCUT2D eigenvalue weighted by molar-refractivity contribution is 6.30. The molecule has 1 saturated heterocycles. The summed E-state index contributed by atoms with van der Waals surface area (Å²) in [5.74, 6) is -2.91. The van der Waals surface area contributed by atoms with Crippen LogP contribution in [0.5, 0.6) is 23.0 Å². The van der Waals surface area contributed by atoms with Crippen LogP contribution in [0.4, 0.5) is 18.9 Å². The molecule has 1 amide bonds. The number of benzene rings is 2. The van der Waals surface area contributed by atoms with Gasteiger partial charge in [-0.05, 0) is 24.3 Å². The fraction of sp³-hybridized carbons (Fsp3) is 0.417. The first-order valence-corrected chi connectivity index (χ1v) is 11.7. The summed E-state index contributed by atoms with van der Waals surface area (Å²) >= 11 is 6.02. The number of carbonyl (C=O) groups excluding carboxylic acids is 2. The summed E-state index contributed by atoms with van der Waals surface area (Å²) in [6, 6.07) is 8.54. The number of aliphatic hydroxyl groups excluding tert-OH is 1. The molecule has 2 aliphatic rings. The van der Waals surface area contributed by atoms with Crippen LogP contribution in [0.25, 0.3) is 0 Å². The van der Waals surface area contributed by atoms with Crippen LogP contribution in [0, 0.1) is 0 Å². The van der Waals surface area contributed by atoms with Gasteiger partial charge in [-0.3, -0.25) is 4.79 Å². The van der Waals surface area contributed by atoms with Crippen LogP contribution in [0.3, 0.4) is 0 Å². The molecule has 4 rings (SSSR count). The SMILES string of the molecule is CC(=O)Nc1ccc(OC(=O)C(F)(F)F)cc1OC[C@@H](O)CN1CCC2(CC1)Oc1ccc(Cl)cc1O2. The second-order valence-corrected chi connectivity index (χ2v) is 9.13. The first-order chi connectivity index (χ1) is 17.4. The lowest BCUT2D eigenvalue weighted by atomic mass is 10.0. The number of nitrogens with zero attached hydrogens (tertiary/aromatic N) is 1. The van der Waals surface area contributed by atoms with Gasteiger partial charge in [0, 0.05) is 56.6 Å². The highest BCUT2D eigenvalue weighted by Crippen LogP contribution is 2.44. The van der Waals surface area contributed by atoms with E-state index < -0.39 is 35.7 Å². The smallest absolute Gasteiger partial charge is 0.489 e. The monoisotopic (exact) mass is 544 g/mol. The van der Waals surface area contributed by atoms with Gasteiger partial charge < -0.3 is 34.3 Å². The van der Waals surface area contributed by atoms with E-state index in [1.165, 1.54) is 13.0 Å². The topological polar surface area (TPSA) is 107 Å². The Morgan fingerprint density at radius 3 is 2.54 bits per heavy atom. The van der Waals surface area contributed by atoms with Crippen LogP contribution < -0.4 is 24.3 Å². The lowest BCUT2D eigenvalue weighted by Gasteiger charge is -2.38. The Bertz CT molecular complexity index is 1170. The number of ether oxygens (including phenoxy) is 4. The van der Waals surface area contributed by atoms with E-state index in [1.54, 1.807) is 18.2 Å². The number of likely N-dealkylation sites (tertiary alicyclic amines) is 1. The molecule has 9 nitrogen and oxygen atoms in total. The quantitative estimate of drug-likeness (QED) is 0.401. The maximum Gasteiger partial charge on any atom is 0.491 e. The number of amides is 1. The number of fused-ring (bicyclic) bond motifs is 1. The van der Waals surface area contributed by atoms with Gasteiger partial charge in [0.15, 0.2) is 11.5 Å². The van der Waals surface area contributed by atoms with Gasteiger partial charge in [0.05, 0.1) is 5.69 Å².